The molecular weight excluding hydrogens is 335 g/mol. The first-order valence-corrected chi connectivity index (χ1v) is 8.37. The second-order valence-electron chi connectivity index (χ2n) is 6.17. The molecule has 1 amide bonds. The van der Waals surface area contributed by atoms with E-state index in [1.54, 1.807) is 30.3 Å². The molecular formula is C19H17FN4O2. The fraction of sp³-hybridized carbons (Fsp3) is 0.211. The van der Waals surface area contributed by atoms with Gasteiger partial charge in [0.05, 0.1) is 17.5 Å². The van der Waals surface area contributed by atoms with Crippen LogP contribution in [0.4, 0.5) is 10.2 Å². The number of hydrogen-bond acceptors (Lipinski definition) is 5. The molecule has 4 rings (SSSR count). The van der Waals surface area contributed by atoms with Gasteiger partial charge in [0.2, 0.25) is 0 Å². The molecule has 3 aromatic rings. The van der Waals surface area contributed by atoms with E-state index in [1.807, 2.05) is 6.07 Å². The fourth-order valence-corrected chi connectivity index (χ4v) is 3.06. The van der Waals surface area contributed by atoms with Crippen molar-refractivity contribution in [2.75, 3.05) is 18.0 Å². The Hall–Kier alpha value is -3.22. The summed E-state index contributed by atoms with van der Waals surface area (Å²) in [6.07, 6.45) is 3.72. The average Bonchev–Trinajstić information content (AvgIpc) is 3.34. The summed E-state index contributed by atoms with van der Waals surface area (Å²) in [4.78, 5) is 14.1. The minimum atomic E-state index is -0.322. The topological polar surface area (TPSA) is 71.3 Å². The summed E-state index contributed by atoms with van der Waals surface area (Å²) >= 11 is 0. The van der Waals surface area contributed by atoms with E-state index < -0.39 is 0 Å². The number of furan rings is 1. The van der Waals surface area contributed by atoms with Gasteiger partial charge in [0, 0.05) is 24.7 Å². The summed E-state index contributed by atoms with van der Waals surface area (Å²) in [6, 6.07) is 11.7. The van der Waals surface area contributed by atoms with Crippen molar-refractivity contribution in [1.82, 2.24) is 15.5 Å². The Labute approximate surface area is 149 Å². The number of rotatable bonds is 4. The Morgan fingerprint density at radius 2 is 2.08 bits per heavy atom. The van der Waals surface area contributed by atoms with Gasteiger partial charge in [0.1, 0.15) is 12.1 Å². The minimum absolute atomic E-state index is 0.0328. The highest BCUT2D eigenvalue weighted by Crippen LogP contribution is 2.23. The average molecular weight is 352 g/mol. The number of halogens is 1. The van der Waals surface area contributed by atoms with Crippen molar-refractivity contribution in [2.45, 2.75) is 12.5 Å². The smallest absolute Gasteiger partial charge is 0.254 e. The number of hydrogen-bond donors (Lipinski definition) is 1. The van der Waals surface area contributed by atoms with Crippen molar-refractivity contribution in [3.63, 3.8) is 0 Å². The van der Waals surface area contributed by atoms with Crippen LogP contribution in [0, 0.1) is 5.82 Å². The van der Waals surface area contributed by atoms with Crippen LogP contribution in [0.1, 0.15) is 16.8 Å². The number of nitrogens with one attached hydrogen (secondary N) is 1. The maximum absolute atomic E-state index is 13.8. The van der Waals surface area contributed by atoms with Gasteiger partial charge in [0.15, 0.2) is 5.82 Å². The van der Waals surface area contributed by atoms with Gasteiger partial charge in [-0.15, -0.1) is 10.2 Å². The van der Waals surface area contributed by atoms with E-state index in [0.717, 1.165) is 13.0 Å². The molecule has 1 aliphatic rings. The van der Waals surface area contributed by atoms with Crippen LogP contribution in [0.3, 0.4) is 0 Å². The molecule has 1 N–H and O–H groups in total. The SMILES string of the molecule is O=C(N[C@H]1CCN(c2ccc(-c3ccccc3F)nn2)C1)c1ccoc1. The van der Waals surface area contributed by atoms with E-state index in [-0.39, 0.29) is 17.8 Å². The van der Waals surface area contributed by atoms with Gasteiger partial charge in [-0.1, -0.05) is 12.1 Å². The number of aromatic nitrogens is 2. The molecule has 0 bridgehead atoms. The molecule has 26 heavy (non-hydrogen) atoms. The molecule has 1 aliphatic heterocycles. The lowest BCUT2D eigenvalue weighted by Gasteiger charge is -2.17. The molecule has 0 aliphatic carbocycles. The first kappa shape index (κ1) is 16.3. The Morgan fingerprint density at radius 3 is 2.81 bits per heavy atom. The number of carbonyl (C=O) groups excluding carboxylic acids is 1. The summed E-state index contributed by atoms with van der Waals surface area (Å²) in [5, 5.41) is 11.4. The Balaban J connectivity index is 1.41. The van der Waals surface area contributed by atoms with Gasteiger partial charge in [-0.3, -0.25) is 4.79 Å². The predicted molar refractivity (Wildman–Crippen MR) is 94.2 cm³/mol. The van der Waals surface area contributed by atoms with E-state index in [0.29, 0.717) is 29.2 Å². The standard InChI is InChI=1S/C19H17FN4O2/c20-16-4-2-1-3-15(16)17-5-6-18(23-22-17)24-9-7-14(11-24)21-19(25)13-8-10-26-12-13/h1-6,8,10,12,14H,7,9,11H2,(H,21,25)/t14-/m0/s1. The maximum Gasteiger partial charge on any atom is 0.254 e. The molecule has 1 fully saturated rings. The summed E-state index contributed by atoms with van der Waals surface area (Å²) in [5.74, 6) is 0.245. The first-order chi connectivity index (χ1) is 12.7. The van der Waals surface area contributed by atoms with Gasteiger partial charge in [-0.05, 0) is 36.8 Å². The molecule has 6 nitrogen and oxygen atoms in total. The quantitative estimate of drug-likeness (QED) is 0.782. The van der Waals surface area contributed by atoms with Crippen LogP contribution in [0.5, 0.6) is 0 Å². The van der Waals surface area contributed by atoms with Crippen LogP contribution >= 0.6 is 0 Å². The fourth-order valence-electron chi connectivity index (χ4n) is 3.06. The van der Waals surface area contributed by atoms with E-state index in [9.17, 15) is 9.18 Å². The number of amides is 1. The Bertz CT molecular complexity index is 896. The Kier molecular flexibility index (Phi) is 4.35. The van der Waals surface area contributed by atoms with E-state index in [2.05, 4.69) is 20.4 Å². The molecule has 7 heteroatoms. The monoisotopic (exact) mass is 352 g/mol. The number of anilines is 1. The van der Waals surface area contributed by atoms with E-state index >= 15 is 0 Å². The van der Waals surface area contributed by atoms with Crippen LogP contribution in [-0.4, -0.2) is 35.2 Å². The van der Waals surface area contributed by atoms with Crippen molar-refractivity contribution < 1.29 is 13.6 Å². The molecule has 132 valence electrons. The Morgan fingerprint density at radius 1 is 1.19 bits per heavy atom. The van der Waals surface area contributed by atoms with Crippen LogP contribution < -0.4 is 10.2 Å². The molecule has 0 unspecified atom stereocenters. The van der Waals surface area contributed by atoms with Crippen molar-refractivity contribution in [2.24, 2.45) is 0 Å². The van der Waals surface area contributed by atoms with E-state index in [4.69, 9.17) is 4.42 Å². The second-order valence-corrected chi connectivity index (χ2v) is 6.17. The zero-order valence-corrected chi connectivity index (χ0v) is 13.9. The van der Waals surface area contributed by atoms with Crippen LogP contribution in [-0.2, 0) is 0 Å². The van der Waals surface area contributed by atoms with E-state index in [1.165, 1.54) is 18.6 Å². The van der Waals surface area contributed by atoms with Crippen molar-refractivity contribution >= 4 is 11.7 Å². The van der Waals surface area contributed by atoms with Crippen molar-refractivity contribution in [3.8, 4) is 11.3 Å². The molecule has 0 spiro atoms. The highest BCUT2D eigenvalue weighted by molar-refractivity contribution is 5.94. The van der Waals surface area contributed by atoms with Gasteiger partial charge in [-0.2, -0.15) is 0 Å². The second kappa shape index (κ2) is 6.95. The molecule has 3 heterocycles. The molecule has 2 aromatic heterocycles. The van der Waals surface area contributed by atoms with Gasteiger partial charge in [-0.25, -0.2) is 4.39 Å². The maximum atomic E-state index is 13.8. The highest BCUT2D eigenvalue weighted by atomic mass is 19.1. The molecule has 0 saturated carbocycles. The van der Waals surface area contributed by atoms with Crippen LogP contribution in [0.25, 0.3) is 11.3 Å². The minimum Gasteiger partial charge on any atom is -0.472 e. The number of carbonyl (C=O) groups is 1. The number of benzene rings is 1. The molecule has 1 aromatic carbocycles. The van der Waals surface area contributed by atoms with Crippen molar-refractivity contribution in [3.05, 3.63) is 66.4 Å². The first-order valence-electron chi connectivity index (χ1n) is 8.37. The van der Waals surface area contributed by atoms with Gasteiger partial charge in [0.25, 0.3) is 5.91 Å². The number of nitrogens with zero attached hydrogens (tertiary/aromatic N) is 3. The third kappa shape index (κ3) is 3.28. The summed E-state index contributed by atoms with van der Waals surface area (Å²) in [6.45, 7) is 1.42. The summed E-state index contributed by atoms with van der Waals surface area (Å²) in [7, 11) is 0. The molecule has 1 atom stereocenters. The highest BCUT2D eigenvalue weighted by Gasteiger charge is 2.25. The lowest BCUT2D eigenvalue weighted by Crippen LogP contribution is -2.37. The normalized spacial score (nSPS) is 16.7. The van der Waals surface area contributed by atoms with Crippen LogP contribution in [0.15, 0.2) is 59.4 Å². The lowest BCUT2D eigenvalue weighted by molar-refractivity contribution is 0.0939. The predicted octanol–water partition coefficient (Wildman–Crippen LogP) is 2.88. The largest absolute Gasteiger partial charge is 0.472 e. The van der Waals surface area contributed by atoms with Crippen molar-refractivity contribution in [1.29, 1.82) is 0 Å². The zero-order valence-electron chi connectivity index (χ0n) is 13.9. The van der Waals surface area contributed by atoms with Gasteiger partial charge < -0.3 is 14.6 Å². The third-order valence-electron chi connectivity index (χ3n) is 4.43. The van der Waals surface area contributed by atoms with Gasteiger partial charge >= 0.3 is 0 Å². The summed E-state index contributed by atoms with van der Waals surface area (Å²) in [5.41, 5.74) is 1.44. The van der Waals surface area contributed by atoms with Crippen LogP contribution in [0.2, 0.25) is 0 Å². The molecule has 1 saturated heterocycles. The summed E-state index contributed by atoms with van der Waals surface area (Å²) < 4.78 is 18.8. The molecule has 0 radical (unpaired) electrons. The lowest BCUT2D eigenvalue weighted by atomic mass is 10.1. The third-order valence-corrected chi connectivity index (χ3v) is 4.43. The zero-order chi connectivity index (χ0) is 17.9.